The molecule has 0 aromatic carbocycles. The van der Waals surface area contributed by atoms with E-state index in [4.69, 9.17) is 5.11 Å². The van der Waals surface area contributed by atoms with Gasteiger partial charge >= 0.3 is 0 Å². The zero-order valence-electron chi connectivity index (χ0n) is 16.4. The summed E-state index contributed by atoms with van der Waals surface area (Å²) in [7, 11) is 0. The van der Waals surface area contributed by atoms with Crippen LogP contribution in [0.4, 0.5) is 0 Å². The predicted octanol–water partition coefficient (Wildman–Crippen LogP) is 3.73. The van der Waals surface area contributed by atoms with Crippen molar-refractivity contribution >= 4 is 0 Å². The number of aliphatic hydroxyl groups excluding tert-OH is 1. The van der Waals surface area contributed by atoms with E-state index in [-0.39, 0.29) is 12.0 Å². The van der Waals surface area contributed by atoms with E-state index in [1.165, 1.54) is 57.8 Å². The van der Waals surface area contributed by atoms with Gasteiger partial charge in [0.1, 0.15) is 0 Å². The monoisotopic (exact) mass is 349 g/mol. The Hall–Kier alpha value is -0.120. The van der Waals surface area contributed by atoms with Crippen LogP contribution in [0.5, 0.6) is 0 Å². The van der Waals surface area contributed by atoms with E-state index in [2.05, 4.69) is 19.2 Å². The van der Waals surface area contributed by atoms with Crippen LogP contribution < -0.4 is 5.32 Å². The van der Waals surface area contributed by atoms with Crippen LogP contribution in [0.25, 0.3) is 0 Å². The van der Waals surface area contributed by atoms with Gasteiger partial charge in [-0.2, -0.15) is 0 Å². The molecule has 4 rings (SSSR count). The lowest BCUT2D eigenvalue weighted by molar-refractivity contribution is -0.150. The quantitative estimate of drug-likeness (QED) is 0.678. The van der Waals surface area contributed by atoms with E-state index >= 15 is 0 Å². The Kier molecular flexibility index (Phi) is 4.74. The number of nitrogens with one attached hydrogen (secondary N) is 1. The van der Waals surface area contributed by atoms with Crippen molar-refractivity contribution in [3.63, 3.8) is 0 Å². The molecule has 3 heteroatoms. The third-order valence-corrected chi connectivity index (χ3v) is 9.61. The molecule has 0 aliphatic heterocycles. The minimum Gasteiger partial charge on any atom is -0.395 e. The van der Waals surface area contributed by atoms with E-state index in [0.29, 0.717) is 24.4 Å². The summed E-state index contributed by atoms with van der Waals surface area (Å²) in [5.41, 5.74) is 0.0644. The zero-order valence-corrected chi connectivity index (χ0v) is 16.4. The van der Waals surface area contributed by atoms with Crippen molar-refractivity contribution < 1.29 is 10.2 Å². The van der Waals surface area contributed by atoms with Gasteiger partial charge in [0, 0.05) is 18.5 Å². The first-order valence-corrected chi connectivity index (χ1v) is 11.0. The van der Waals surface area contributed by atoms with E-state index in [1.54, 1.807) is 0 Å². The summed E-state index contributed by atoms with van der Waals surface area (Å²) in [6.07, 6.45) is 13.3. The Morgan fingerprint density at radius 2 is 1.72 bits per heavy atom. The number of rotatable bonds is 4. The third-order valence-electron chi connectivity index (χ3n) is 9.61. The predicted molar refractivity (Wildman–Crippen MR) is 101 cm³/mol. The first-order valence-electron chi connectivity index (χ1n) is 11.0. The highest BCUT2D eigenvalue weighted by molar-refractivity contribution is 5.14. The normalized spacial score (nSPS) is 52.3. The maximum absolute atomic E-state index is 11.5. The average Bonchev–Trinajstić information content (AvgIpc) is 2.86. The lowest BCUT2D eigenvalue weighted by atomic mass is 9.44. The van der Waals surface area contributed by atoms with Crippen molar-refractivity contribution in [1.82, 2.24) is 5.32 Å². The van der Waals surface area contributed by atoms with Gasteiger partial charge in [-0.25, -0.2) is 0 Å². The van der Waals surface area contributed by atoms with Crippen LogP contribution in [0.15, 0.2) is 0 Å². The van der Waals surface area contributed by atoms with E-state index in [0.717, 1.165) is 24.2 Å². The van der Waals surface area contributed by atoms with Gasteiger partial charge in [-0.3, -0.25) is 0 Å². The molecule has 7 atom stereocenters. The summed E-state index contributed by atoms with van der Waals surface area (Å²) >= 11 is 0. The molecule has 0 heterocycles. The Bertz CT molecular complexity index is 496. The van der Waals surface area contributed by atoms with Crippen molar-refractivity contribution in [3.05, 3.63) is 0 Å². The van der Waals surface area contributed by atoms with Crippen molar-refractivity contribution in [2.75, 3.05) is 19.7 Å². The van der Waals surface area contributed by atoms with Crippen molar-refractivity contribution in [3.8, 4) is 0 Å². The molecular formula is C22H39NO2. The molecule has 0 bridgehead atoms. The molecule has 4 aliphatic carbocycles. The molecule has 3 nitrogen and oxygen atoms in total. The van der Waals surface area contributed by atoms with Crippen LogP contribution >= 0.6 is 0 Å². The highest BCUT2D eigenvalue weighted by Crippen LogP contribution is 2.68. The van der Waals surface area contributed by atoms with Gasteiger partial charge in [0.2, 0.25) is 0 Å². The highest BCUT2D eigenvalue weighted by Gasteiger charge is 2.64. The molecule has 0 aromatic rings. The lowest BCUT2D eigenvalue weighted by Gasteiger charge is -2.61. The molecule has 0 aromatic heterocycles. The molecule has 4 unspecified atom stereocenters. The maximum Gasteiger partial charge on any atom is 0.0827 e. The Morgan fingerprint density at radius 1 is 0.920 bits per heavy atom. The van der Waals surface area contributed by atoms with Gasteiger partial charge in [-0.05, 0) is 80.5 Å². The third kappa shape index (κ3) is 2.63. The first-order chi connectivity index (χ1) is 11.9. The molecular weight excluding hydrogens is 310 g/mol. The minimum absolute atomic E-state index is 0.0640. The molecule has 4 saturated carbocycles. The first kappa shape index (κ1) is 18.3. The molecule has 3 N–H and O–H groups in total. The maximum atomic E-state index is 11.5. The summed E-state index contributed by atoms with van der Waals surface area (Å²) in [4.78, 5) is 0. The molecule has 4 fully saturated rings. The van der Waals surface area contributed by atoms with E-state index in [1.807, 2.05) is 0 Å². The fraction of sp³-hybridized carbons (Fsp3) is 1.00. The summed E-state index contributed by atoms with van der Waals surface area (Å²) < 4.78 is 0. The second-order valence-corrected chi connectivity index (χ2v) is 10.3. The summed E-state index contributed by atoms with van der Waals surface area (Å²) in [6.45, 7) is 6.41. The van der Waals surface area contributed by atoms with Crippen LogP contribution in [0, 0.1) is 34.5 Å². The van der Waals surface area contributed by atoms with Crippen LogP contribution in [0.1, 0.15) is 78.1 Å². The number of hydrogen-bond acceptors (Lipinski definition) is 3. The Labute approximate surface area is 154 Å². The van der Waals surface area contributed by atoms with Crippen molar-refractivity contribution in [1.29, 1.82) is 0 Å². The molecule has 25 heavy (non-hydrogen) atoms. The van der Waals surface area contributed by atoms with Crippen LogP contribution in [-0.2, 0) is 0 Å². The van der Waals surface area contributed by atoms with Gasteiger partial charge in [-0.1, -0.05) is 26.7 Å². The standard InChI is InChI=1S/C22H39NO2/c1-20-10-4-3-5-16(20)6-7-17-18(20)8-11-21(2)19(17)9-12-22(21,25)15-23-13-14-24/h16-19,23-25H,3-15H2,1-2H3/t16?,17?,18?,19?,20-,21-,22+/m0/s1. The molecule has 0 spiro atoms. The van der Waals surface area contributed by atoms with Crippen molar-refractivity contribution in [2.45, 2.75) is 83.7 Å². The van der Waals surface area contributed by atoms with Crippen molar-refractivity contribution in [2.24, 2.45) is 34.5 Å². The van der Waals surface area contributed by atoms with Crippen LogP contribution in [-0.4, -0.2) is 35.5 Å². The average molecular weight is 350 g/mol. The van der Waals surface area contributed by atoms with Gasteiger partial charge in [0.25, 0.3) is 0 Å². The second kappa shape index (κ2) is 6.49. The Morgan fingerprint density at radius 3 is 2.52 bits per heavy atom. The smallest absolute Gasteiger partial charge is 0.0827 e. The van der Waals surface area contributed by atoms with Crippen LogP contribution in [0.3, 0.4) is 0 Å². The minimum atomic E-state index is -0.581. The fourth-order valence-corrected chi connectivity index (χ4v) is 8.07. The molecule has 0 radical (unpaired) electrons. The number of fused-ring (bicyclic) bond motifs is 5. The second-order valence-electron chi connectivity index (χ2n) is 10.3. The largest absolute Gasteiger partial charge is 0.395 e. The number of hydrogen-bond donors (Lipinski definition) is 3. The van der Waals surface area contributed by atoms with Crippen LogP contribution in [0.2, 0.25) is 0 Å². The van der Waals surface area contributed by atoms with Gasteiger partial charge in [-0.15, -0.1) is 0 Å². The topological polar surface area (TPSA) is 52.5 Å². The number of aliphatic hydroxyl groups is 2. The summed E-state index contributed by atoms with van der Waals surface area (Å²) in [5, 5.41) is 23.9. The Balaban J connectivity index is 1.55. The van der Waals surface area contributed by atoms with Gasteiger partial charge in [0.05, 0.1) is 12.2 Å². The lowest BCUT2D eigenvalue weighted by Crippen LogP contribution is -2.58. The molecule has 0 amide bonds. The molecule has 4 aliphatic rings. The molecule has 0 saturated heterocycles. The zero-order chi connectivity index (χ0) is 17.7. The van der Waals surface area contributed by atoms with Gasteiger partial charge < -0.3 is 15.5 Å². The fourth-order valence-electron chi connectivity index (χ4n) is 8.07. The van der Waals surface area contributed by atoms with Gasteiger partial charge in [0.15, 0.2) is 0 Å². The van der Waals surface area contributed by atoms with E-state index in [9.17, 15) is 5.11 Å². The van der Waals surface area contributed by atoms with E-state index < -0.39 is 5.60 Å². The summed E-state index contributed by atoms with van der Waals surface area (Å²) in [5.74, 6) is 3.41. The highest BCUT2D eigenvalue weighted by atomic mass is 16.3. The SMILES string of the molecule is C[C@]12CCCCC1CCC1C2CC[C@@]2(C)C1CC[C@@]2(O)CNCCO. The summed E-state index contributed by atoms with van der Waals surface area (Å²) in [6, 6.07) is 0. The molecule has 144 valence electrons.